The molecular formula is C21H26ClN3O4S. The van der Waals surface area contributed by atoms with E-state index in [4.69, 9.17) is 11.6 Å². The first kappa shape index (κ1) is 23.9. The molecule has 0 spiro atoms. The highest BCUT2D eigenvalue weighted by molar-refractivity contribution is 7.89. The second kappa shape index (κ2) is 10.1. The maximum Gasteiger partial charge on any atom is 0.255 e. The molecule has 7 nitrogen and oxygen atoms in total. The van der Waals surface area contributed by atoms with Crippen LogP contribution in [0, 0.1) is 0 Å². The van der Waals surface area contributed by atoms with Crippen LogP contribution >= 0.6 is 11.6 Å². The number of nitrogens with one attached hydrogen (secondary N) is 3. The second-order valence-electron chi connectivity index (χ2n) is 7.23. The average molecular weight is 452 g/mol. The molecule has 2 amide bonds. The summed E-state index contributed by atoms with van der Waals surface area (Å²) in [7, 11) is -3.66. The summed E-state index contributed by atoms with van der Waals surface area (Å²) in [4.78, 5) is 25.1. The largest absolute Gasteiger partial charge is 0.350 e. The van der Waals surface area contributed by atoms with Crippen molar-refractivity contribution in [3.63, 3.8) is 0 Å². The molecule has 9 heteroatoms. The van der Waals surface area contributed by atoms with Crippen molar-refractivity contribution in [2.45, 2.75) is 51.1 Å². The topological polar surface area (TPSA) is 104 Å². The summed E-state index contributed by atoms with van der Waals surface area (Å²) < 4.78 is 27.3. The molecule has 2 rings (SSSR count). The van der Waals surface area contributed by atoms with Gasteiger partial charge < -0.3 is 10.6 Å². The van der Waals surface area contributed by atoms with Crippen LogP contribution in [0.5, 0.6) is 0 Å². The third-order valence-corrected chi connectivity index (χ3v) is 6.13. The van der Waals surface area contributed by atoms with E-state index >= 15 is 0 Å². The molecule has 1 atom stereocenters. The summed E-state index contributed by atoms with van der Waals surface area (Å²) in [5, 5.41) is 5.81. The average Bonchev–Trinajstić information content (AvgIpc) is 2.67. The third-order valence-electron chi connectivity index (χ3n) is 4.29. The van der Waals surface area contributed by atoms with Crippen LogP contribution in [0.15, 0.2) is 47.4 Å². The molecule has 0 bridgehead atoms. The lowest BCUT2D eigenvalue weighted by Gasteiger charge is -2.14. The van der Waals surface area contributed by atoms with E-state index < -0.39 is 15.9 Å². The van der Waals surface area contributed by atoms with Crippen LogP contribution in [0.25, 0.3) is 0 Å². The summed E-state index contributed by atoms with van der Waals surface area (Å²) in [5.41, 5.74) is 0.784. The maximum absolute atomic E-state index is 12.7. The first-order chi connectivity index (χ1) is 14.0. The molecule has 0 fully saturated rings. The standard InChI is InChI=1S/C21H26ClN3O4S/c1-5-14(4)25-30(28,29)17-9-6-15(7-10-17)20(26)24-19-12-16(22)8-11-18(19)21(27)23-13(2)3/h6-14,25H,5H2,1-4H3,(H,23,27)(H,24,26). The van der Waals surface area contributed by atoms with Crippen LogP contribution in [0.3, 0.4) is 0 Å². The van der Waals surface area contributed by atoms with Crippen molar-refractivity contribution >= 4 is 39.1 Å². The molecule has 0 heterocycles. The minimum absolute atomic E-state index is 0.0686. The van der Waals surface area contributed by atoms with Gasteiger partial charge in [0.15, 0.2) is 0 Å². The number of hydrogen-bond acceptors (Lipinski definition) is 4. The zero-order chi connectivity index (χ0) is 22.5. The van der Waals surface area contributed by atoms with Crippen molar-refractivity contribution in [2.24, 2.45) is 0 Å². The zero-order valence-corrected chi connectivity index (χ0v) is 18.9. The molecule has 0 saturated carbocycles. The van der Waals surface area contributed by atoms with Gasteiger partial charge in [-0.15, -0.1) is 0 Å². The molecule has 0 aliphatic carbocycles. The summed E-state index contributed by atoms with van der Waals surface area (Å²) >= 11 is 6.02. The lowest BCUT2D eigenvalue weighted by atomic mass is 10.1. The van der Waals surface area contributed by atoms with Crippen molar-refractivity contribution in [3.8, 4) is 0 Å². The number of sulfonamides is 1. The Bertz CT molecular complexity index is 1020. The van der Waals surface area contributed by atoms with Gasteiger partial charge in [-0.3, -0.25) is 9.59 Å². The highest BCUT2D eigenvalue weighted by Crippen LogP contribution is 2.22. The van der Waals surface area contributed by atoms with Gasteiger partial charge in [0, 0.05) is 22.7 Å². The Balaban J connectivity index is 2.23. The molecule has 3 N–H and O–H groups in total. The van der Waals surface area contributed by atoms with E-state index in [2.05, 4.69) is 15.4 Å². The maximum atomic E-state index is 12.7. The number of amides is 2. The number of carbonyl (C=O) groups excluding carboxylic acids is 2. The van der Waals surface area contributed by atoms with E-state index in [1.54, 1.807) is 13.0 Å². The van der Waals surface area contributed by atoms with Crippen molar-refractivity contribution < 1.29 is 18.0 Å². The summed E-state index contributed by atoms with van der Waals surface area (Å²) in [6.07, 6.45) is 0.659. The van der Waals surface area contributed by atoms with Crippen LogP contribution in [-0.4, -0.2) is 32.3 Å². The lowest BCUT2D eigenvalue weighted by molar-refractivity contribution is 0.0944. The number of benzene rings is 2. The highest BCUT2D eigenvalue weighted by Gasteiger charge is 2.19. The smallest absolute Gasteiger partial charge is 0.255 e. The molecule has 0 aliphatic heterocycles. The molecule has 2 aromatic rings. The molecule has 0 saturated heterocycles. The van der Waals surface area contributed by atoms with Crippen molar-refractivity contribution in [1.82, 2.24) is 10.0 Å². The molecule has 0 radical (unpaired) electrons. The highest BCUT2D eigenvalue weighted by atomic mass is 35.5. The number of halogens is 1. The van der Waals surface area contributed by atoms with Crippen molar-refractivity contribution in [2.75, 3.05) is 5.32 Å². The van der Waals surface area contributed by atoms with Gasteiger partial charge in [0.25, 0.3) is 11.8 Å². The summed E-state index contributed by atoms with van der Waals surface area (Å²) in [6, 6.07) is 9.88. The number of hydrogen-bond donors (Lipinski definition) is 3. The SMILES string of the molecule is CCC(C)NS(=O)(=O)c1ccc(C(=O)Nc2cc(Cl)ccc2C(=O)NC(C)C)cc1. The van der Waals surface area contributed by atoms with Crippen LogP contribution in [-0.2, 0) is 10.0 Å². The minimum Gasteiger partial charge on any atom is -0.350 e. The third kappa shape index (κ3) is 6.29. The molecular weight excluding hydrogens is 426 g/mol. The summed E-state index contributed by atoms with van der Waals surface area (Å²) in [5.74, 6) is -0.829. The lowest BCUT2D eigenvalue weighted by Crippen LogP contribution is -2.32. The van der Waals surface area contributed by atoms with Crippen molar-refractivity contribution in [3.05, 3.63) is 58.6 Å². The normalized spacial score (nSPS) is 12.5. The molecule has 30 heavy (non-hydrogen) atoms. The Labute approximate surface area is 182 Å². The number of anilines is 1. The van der Waals surface area contributed by atoms with Crippen molar-refractivity contribution in [1.29, 1.82) is 0 Å². The quantitative estimate of drug-likeness (QED) is 0.567. The molecule has 0 aromatic heterocycles. The van der Waals surface area contributed by atoms with E-state index in [0.29, 0.717) is 11.4 Å². The predicted molar refractivity (Wildman–Crippen MR) is 119 cm³/mol. The van der Waals surface area contributed by atoms with Crippen LogP contribution < -0.4 is 15.4 Å². The first-order valence-electron chi connectivity index (χ1n) is 9.57. The van der Waals surface area contributed by atoms with Gasteiger partial charge in [-0.1, -0.05) is 18.5 Å². The number of carbonyl (C=O) groups is 2. The van der Waals surface area contributed by atoms with Crippen LogP contribution in [0.4, 0.5) is 5.69 Å². The summed E-state index contributed by atoms with van der Waals surface area (Å²) in [6.45, 7) is 7.32. The molecule has 0 aliphatic rings. The van der Waals surface area contributed by atoms with Crippen LogP contribution in [0.2, 0.25) is 5.02 Å². The predicted octanol–water partition coefficient (Wildman–Crippen LogP) is 3.81. The Hall–Kier alpha value is -2.42. The van der Waals surface area contributed by atoms with Gasteiger partial charge in [0.1, 0.15) is 0 Å². The molecule has 2 aromatic carbocycles. The number of rotatable bonds is 8. The first-order valence-corrected chi connectivity index (χ1v) is 11.4. The monoisotopic (exact) mass is 451 g/mol. The van der Waals surface area contributed by atoms with E-state index in [1.165, 1.54) is 36.4 Å². The van der Waals surface area contributed by atoms with Gasteiger partial charge in [-0.05, 0) is 69.7 Å². The molecule has 162 valence electrons. The van der Waals surface area contributed by atoms with Crippen LogP contribution in [0.1, 0.15) is 54.8 Å². The van der Waals surface area contributed by atoms with E-state index in [1.807, 2.05) is 20.8 Å². The van der Waals surface area contributed by atoms with Gasteiger partial charge in [0.05, 0.1) is 16.1 Å². The Morgan fingerprint density at radius 1 is 1.00 bits per heavy atom. The molecule has 1 unspecified atom stereocenters. The van der Waals surface area contributed by atoms with E-state index in [9.17, 15) is 18.0 Å². The van der Waals surface area contributed by atoms with Gasteiger partial charge >= 0.3 is 0 Å². The zero-order valence-electron chi connectivity index (χ0n) is 17.3. The minimum atomic E-state index is -3.66. The van der Waals surface area contributed by atoms with Gasteiger partial charge in [0.2, 0.25) is 10.0 Å². The van der Waals surface area contributed by atoms with E-state index in [0.717, 1.165) is 0 Å². The van der Waals surface area contributed by atoms with E-state index in [-0.39, 0.29) is 39.7 Å². The Morgan fingerprint density at radius 2 is 1.63 bits per heavy atom. The van der Waals surface area contributed by atoms with Gasteiger partial charge in [-0.25, -0.2) is 13.1 Å². The second-order valence-corrected chi connectivity index (χ2v) is 9.38. The fraction of sp³-hybridized carbons (Fsp3) is 0.333. The fourth-order valence-electron chi connectivity index (χ4n) is 2.55. The Morgan fingerprint density at radius 3 is 2.20 bits per heavy atom. The fourth-order valence-corrected chi connectivity index (χ4v) is 4.05. The van der Waals surface area contributed by atoms with Gasteiger partial charge in [-0.2, -0.15) is 0 Å². The Kier molecular flexibility index (Phi) is 8.00.